The minimum atomic E-state index is -0.104. The molecule has 1 saturated carbocycles. The van der Waals surface area contributed by atoms with Crippen molar-refractivity contribution in [3.8, 4) is 0 Å². The monoisotopic (exact) mass is 298 g/mol. The van der Waals surface area contributed by atoms with Gasteiger partial charge in [-0.1, -0.05) is 30.3 Å². The van der Waals surface area contributed by atoms with Crippen molar-refractivity contribution < 1.29 is 4.79 Å². The fraction of sp³-hybridized carbons (Fsp3) is 0.412. The van der Waals surface area contributed by atoms with Crippen LogP contribution in [0.1, 0.15) is 42.9 Å². The van der Waals surface area contributed by atoms with E-state index in [0.717, 1.165) is 18.4 Å². The Morgan fingerprint density at radius 2 is 2.05 bits per heavy atom. The van der Waals surface area contributed by atoms with Crippen molar-refractivity contribution in [1.82, 2.24) is 20.4 Å². The Morgan fingerprint density at radius 3 is 2.68 bits per heavy atom. The molecular formula is C17H22N4O. The van der Waals surface area contributed by atoms with E-state index in [9.17, 15) is 4.79 Å². The number of carbonyl (C=O) groups is 1. The summed E-state index contributed by atoms with van der Waals surface area (Å²) in [6.45, 7) is 1.96. The summed E-state index contributed by atoms with van der Waals surface area (Å²) in [4.78, 5) is 12.0. The van der Waals surface area contributed by atoms with Crippen molar-refractivity contribution in [3.05, 3.63) is 53.9 Å². The first-order chi connectivity index (χ1) is 10.6. The third kappa shape index (κ3) is 3.30. The standard InChI is InChI=1S/C17H22N4O/c1-12(15-10-18-21(2)11-15)19-17(22)20-16-8-14(9-16)13-6-4-3-5-7-13/h3-7,10-12,14,16H,8-9H2,1-2H3,(H2,19,20,22). The van der Waals surface area contributed by atoms with Gasteiger partial charge in [-0.05, 0) is 31.2 Å². The number of amides is 2. The summed E-state index contributed by atoms with van der Waals surface area (Å²) in [5, 5.41) is 10.1. The SMILES string of the molecule is CC(NC(=O)NC1CC(c2ccccc2)C1)c1cnn(C)c1. The Morgan fingerprint density at radius 1 is 1.32 bits per heavy atom. The van der Waals surface area contributed by atoms with Gasteiger partial charge in [0, 0.05) is 24.8 Å². The molecule has 0 saturated heterocycles. The molecular weight excluding hydrogens is 276 g/mol. The van der Waals surface area contributed by atoms with E-state index in [1.807, 2.05) is 26.2 Å². The number of rotatable bonds is 4. The maximum Gasteiger partial charge on any atom is 0.315 e. The van der Waals surface area contributed by atoms with Gasteiger partial charge in [0.1, 0.15) is 0 Å². The molecule has 1 aliphatic rings. The second-order valence-electron chi connectivity index (χ2n) is 6.06. The normalized spacial score (nSPS) is 21.7. The van der Waals surface area contributed by atoms with E-state index in [4.69, 9.17) is 0 Å². The van der Waals surface area contributed by atoms with Gasteiger partial charge in [0.15, 0.2) is 0 Å². The molecule has 0 aliphatic heterocycles. The number of aryl methyl sites for hydroxylation is 1. The van der Waals surface area contributed by atoms with Gasteiger partial charge in [-0.15, -0.1) is 0 Å². The number of nitrogens with zero attached hydrogens (tertiary/aromatic N) is 2. The number of hydrogen-bond donors (Lipinski definition) is 2. The Labute approximate surface area is 130 Å². The third-order valence-corrected chi connectivity index (χ3v) is 4.32. The molecule has 1 aromatic carbocycles. The average molecular weight is 298 g/mol. The summed E-state index contributed by atoms with van der Waals surface area (Å²) in [7, 11) is 1.87. The fourth-order valence-electron chi connectivity index (χ4n) is 2.90. The lowest BCUT2D eigenvalue weighted by atomic mass is 9.76. The highest BCUT2D eigenvalue weighted by molar-refractivity contribution is 5.74. The second-order valence-corrected chi connectivity index (χ2v) is 6.06. The Balaban J connectivity index is 1.44. The van der Waals surface area contributed by atoms with Gasteiger partial charge < -0.3 is 10.6 Å². The summed E-state index contributed by atoms with van der Waals surface area (Å²) in [6, 6.07) is 10.6. The summed E-state index contributed by atoms with van der Waals surface area (Å²) < 4.78 is 1.74. The zero-order chi connectivity index (χ0) is 15.5. The molecule has 1 aromatic heterocycles. The number of urea groups is 1. The first-order valence-corrected chi connectivity index (χ1v) is 7.72. The van der Waals surface area contributed by atoms with E-state index in [1.54, 1.807) is 10.9 Å². The first-order valence-electron chi connectivity index (χ1n) is 7.72. The highest BCUT2D eigenvalue weighted by atomic mass is 16.2. The smallest absolute Gasteiger partial charge is 0.315 e. The Kier molecular flexibility index (Phi) is 4.13. The maximum atomic E-state index is 12.0. The van der Waals surface area contributed by atoms with Gasteiger partial charge in [-0.3, -0.25) is 4.68 Å². The van der Waals surface area contributed by atoms with Crippen molar-refractivity contribution in [2.75, 3.05) is 0 Å². The van der Waals surface area contributed by atoms with Crippen molar-refractivity contribution in [2.24, 2.45) is 7.05 Å². The van der Waals surface area contributed by atoms with Crippen LogP contribution in [-0.4, -0.2) is 21.9 Å². The minimum Gasteiger partial charge on any atom is -0.335 e. The third-order valence-electron chi connectivity index (χ3n) is 4.32. The molecule has 1 aliphatic carbocycles. The van der Waals surface area contributed by atoms with Crippen LogP contribution in [0.15, 0.2) is 42.7 Å². The van der Waals surface area contributed by atoms with E-state index in [1.165, 1.54) is 5.56 Å². The Hall–Kier alpha value is -2.30. The van der Waals surface area contributed by atoms with Crippen molar-refractivity contribution >= 4 is 6.03 Å². The lowest BCUT2D eigenvalue weighted by molar-refractivity contribution is 0.220. The van der Waals surface area contributed by atoms with Crippen LogP contribution in [0.5, 0.6) is 0 Å². The molecule has 2 amide bonds. The zero-order valence-electron chi connectivity index (χ0n) is 13.0. The van der Waals surface area contributed by atoms with Crippen LogP contribution in [0.2, 0.25) is 0 Å². The molecule has 2 aromatic rings. The van der Waals surface area contributed by atoms with Gasteiger partial charge in [0.05, 0.1) is 12.2 Å². The van der Waals surface area contributed by atoms with E-state index < -0.39 is 0 Å². The predicted octanol–water partition coefficient (Wildman–Crippen LogP) is 2.73. The molecule has 0 spiro atoms. The number of aromatic nitrogens is 2. The van der Waals surface area contributed by atoms with Crippen LogP contribution < -0.4 is 10.6 Å². The van der Waals surface area contributed by atoms with Crippen LogP contribution >= 0.6 is 0 Å². The van der Waals surface area contributed by atoms with Crippen LogP contribution in [0.4, 0.5) is 4.79 Å². The van der Waals surface area contributed by atoms with E-state index in [0.29, 0.717) is 5.92 Å². The van der Waals surface area contributed by atoms with E-state index >= 15 is 0 Å². The number of hydrogen-bond acceptors (Lipinski definition) is 2. The zero-order valence-corrected chi connectivity index (χ0v) is 13.0. The summed E-state index contributed by atoms with van der Waals surface area (Å²) in [5.41, 5.74) is 2.37. The molecule has 1 atom stereocenters. The van der Waals surface area contributed by atoms with Crippen LogP contribution in [0.3, 0.4) is 0 Å². The number of nitrogens with one attached hydrogen (secondary N) is 2. The van der Waals surface area contributed by atoms with Gasteiger partial charge in [-0.25, -0.2) is 4.79 Å². The maximum absolute atomic E-state index is 12.0. The van der Waals surface area contributed by atoms with Crippen LogP contribution in [-0.2, 0) is 7.05 Å². The van der Waals surface area contributed by atoms with Crippen LogP contribution in [0, 0.1) is 0 Å². The van der Waals surface area contributed by atoms with Crippen molar-refractivity contribution in [2.45, 2.75) is 37.8 Å². The van der Waals surface area contributed by atoms with E-state index in [2.05, 4.69) is 40.0 Å². The summed E-state index contributed by atoms with van der Waals surface area (Å²) in [5.74, 6) is 0.572. The molecule has 0 radical (unpaired) electrons. The first kappa shape index (κ1) is 14.6. The molecule has 116 valence electrons. The van der Waals surface area contributed by atoms with Gasteiger partial charge >= 0.3 is 6.03 Å². The summed E-state index contributed by atoms with van der Waals surface area (Å²) >= 11 is 0. The topological polar surface area (TPSA) is 59.0 Å². The van der Waals surface area contributed by atoms with Crippen molar-refractivity contribution in [1.29, 1.82) is 0 Å². The predicted molar refractivity (Wildman–Crippen MR) is 85.5 cm³/mol. The molecule has 22 heavy (non-hydrogen) atoms. The largest absolute Gasteiger partial charge is 0.335 e. The highest BCUT2D eigenvalue weighted by Gasteiger charge is 2.31. The fourth-order valence-corrected chi connectivity index (χ4v) is 2.90. The summed E-state index contributed by atoms with van der Waals surface area (Å²) in [6.07, 6.45) is 5.72. The van der Waals surface area contributed by atoms with Gasteiger partial charge in [-0.2, -0.15) is 5.10 Å². The van der Waals surface area contributed by atoms with E-state index in [-0.39, 0.29) is 18.1 Å². The number of benzene rings is 1. The molecule has 1 heterocycles. The van der Waals surface area contributed by atoms with Crippen LogP contribution in [0.25, 0.3) is 0 Å². The molecule has 1 unspecified atom stereocenters. The lowest BCUT2D eigenvalue weighted by Crippen LogP contribution is -2.48. The molecule has 5 heteroatoms. The molecule has 2 N–H and O–H groups in total. The molecule has 5 nitrogen and oxygen atoms in total. The average Bonchev–Trinajstić information content (AvgIpc) is 2.90. The van der Waals surface area contributed by atoms with Crippen molar-refractivity contribution in [3.63, 3.8) is 0 Å². The highest BCUT2D eigenvalue weighted by Crippen LogP contribution is 2.36. The second kappa shape index (κ2) is 6.22. The minimum absolute atomic E-state index is 0.0429. The molecule has 1 fully saturated rings. The molecule has 0 bridgehead atoms. The number of carbonyl (C=O) groups excluding carboxylic acids is 1. The lowest BCUT2D eigenvalue weighted by Gasteiger charge is -2.36. The quantitative estimate of drug-likeness (QED) is 0.912. The Bertz CT molecular complexity index is 631. The van der Waals surface area contributed by atoms with Gasteiger partial charge in [0.2, 0.25) is 0 Å². The van der Waals surface area contributed by atoms with Gasteiger partial charge in [0.25, 0.3) is 0 Å². The molecule has 3 rings (SSSR count).